The molecule has 1 atom stereocenters. The maximum atomic E-state index is 12.1. The van der Waals surface area contributed by atoms with Crippen LogP contribution in [0.4, 0.5) is 0 Å². The second-order valence-electron chi connectivity index (χ2n) is 6.21. The summed E-state index contributed by atoms with van der Waals surface area (Å²) in [4.78, 5) is 11.9. The summed E-state index contributed by atoms with van der Waals surface area (Å²) in [7, 11) is -3.93. The van der Waals surface area contributed by atoms with Gasteiger partial charge in [0.1, 0.15) is 10.7 Å². The van der Waals surface area contributed by atoms with Crippen molar-refractivity contribution in [3.63, 3.8) is 0 Å². The van der Waals surface area contributed by atoms with E-state index in [0.29, 0.717) is 5.92 Å². The first-order chi connectivity index (χ1) is 11.6. The minimum atomic E-state index is -3.93. The van der Waals surface area contributed by atoms with Gasteiger partial charge < -0.3 is 15.5 Å². The topological polar surface area (TPSA) is 128 Å². The third-order valence-electron chi connectivity index (χ3n) is 3.92. The summed E-state index contributed by atoms with van der Waals surface area (Å²) < 4.78 is 27.9. The lowest BCUT2D eigenvalue weighted by Gasteiger charge is -2.14. The van der Waals surface area contributed by atoms with Crippen LogP contribution in [0.3, 0.4) is 0 Å². The van der Waals surface area contributed by atoms with E-state index in [4.69, 9.17) is 15.3 Å². The second-order valence-corrected chi connectivity index (χ2v) is 7.74. The summed E-state index contributed by atoms with van der Waals surface area (Å²) in [6.45, 7) is 5.83. The maximum Gasteiger partial charge on any atom is 0.287 e. The Labute approximate surface area is 147 Å². The zero-order chi connectivity index (χ0) is 18.8. The summed E-state index contributed by atoms with van der Waals surface area (Å²) in [6.07, 6.45) is 0. The molecule has 0 bridgehead atoms. The first-order valence-electron chi connectivity index (χ1n) is 7.86. The highest BCUT2D eigenvalue weighted by molar-refractivity contribution is 7.89. The van der Waals surface area contributed by atoms with E-state index in [1.165, 1.54) is 12.5 Å². The summed E-state index contributed by atoms with van der Waals surface area (Å²) in [5, 5.41) is 7.70. The van der Waals surface area contributed by atoms with Crippen molar-refractivity contribution in [2.45, 2.75) is 37.6 Å². The smallest absolute Gasteiger partial charge is 0.287 e. The van der Waals surface area contributed by atoms with Crippen LogP contribution in [-0.2, 0) is 10.0 Å². The van der Waals surface area contributed by atoms with Crippen LogP contribution in [0.2, 0.25) is 0 Å². The Hall–Kier alpha value is -2.16. The number of nitrogens with two attached hydrogens (primary N) is 2. The lowest BCUT2D eigenvalue weighted by molar-refractivity contribution is 0.0922. The number of primary sulfonamides is 1. The zero-order valence-corrected chi connectivity index (χ0v) is 15.3. The Morgan fingerprint density at radius 2 is 1.76 bits per heavy atom. The van der Waals surface area contributed by atoms with Gasteiger partial charge in [-0.2, -0.15) is 0 Å². The molecule has 0 aliphatic heterocycles. The van der Waals surface area contributed by atoms with Crippen LogP contribution in [-0.4, -0.2) is 20.9 Å². The molecule has 1 unspecified atom stereocenters. The van der Waals surface area contributed by atoms with Crippen LogP contribution in [0.1, 0.15) is 53.2 Å². The van der Waals surface area contributed by atoms with Gasteiger partial charge in [0, 0.05) is 18.7 Å². The summed E-state index contributed by atoms with van der Waals surface area (Å²) in [5.74, 6) is -0.169. The van der Waals surface area contributed by atoms with E-state index in [1.54, 1.807) is 0 Å². The highest BCUT2D eigenvalue weighted by atomic mass is 32.2. The van der Waals surface area contributed by atoms with Gasteiger partial charge in [0.15, 0.2) is 5.76 Å². The number of carbonyl (C=O) groups excluding carboxylic acids is 1. The van der Waals surface area contributed by atoms with Gasteiger partial charge in [-0.15, -0.1) is 0 Å². The molecule has 136 valence electrons. The summed E-state index contributed by atoms with van der Waals surface area (Å²) >= 11 is 0. The Balaban J connectivity index is 2.02. The molecule has 0 aliphatic rings. The average Bonchev–Trinajstić information content (AvgIpc) is 2.94. The fourth-order valence-electron chi connectivity index (χ4n) is 2.40. The third kappa shape index (κ3) is 4.68. The average molecular weight is 365 g/mol. The van der Waals surface area contributed by atoms with Gasteiger partial charge >= 0.3 is 0 Å². The molecule has 8 heteroatoms. The van der Waals surface area contributed by atoms with Gasteiger partial charge in [-0.3, -0.25) is 4.79 Å². The molecule has 0 radical (unpaired) electrons. The van der Waals surface area contributed by atoms with Crippen LogP contribution in [0.25, 0.3) is 0 Å². The van der Waals surface area contributed by atoms with Crippen molar-refractivity contribution < 1.29 is 17.6 Å². The van der Waals surface area contributed by atoms with Gasteiger partial charge in [0.05, 0.1) is 0 Å². The SMILES string of the molecule is Cc1oc(C(=O)NCC(N)c2ccc(C(C)C)cc2)cc1S(N)(=O)=O. The van der Waals surface area contributed by atoms with Crippen molar-refractivity contribution in [1.82, 2.24) is 5.32 Å². The fraction of sp³-hybridized carbons (Fsp3) is 0.353. The number of amides is 1. The van der Waals surface area contributed by atoms with Crippen LogP contribution in [0.15, 0.2) is 39.6 Å². The van der Waals surface area contributed by atoms with Crippen molar-refractivity contribution in [3.05, 3.63) is 53.0 Å². The van der Waals surface area contributed by atoms with Gasteiger partial charge in [0.2, 0.25) is 10.0 Å². The van der Waals surface area contributed by atoms with Gasteiger partial charge in [-0.1, -0.05) is 38.1 Å². The predicted molar refractivity (Wildman–Crippen MR) is 94.6 cm³/mol. The number of aryl methyl sites for hydroxylation is 1. The number of rotatable bonds is 6. The third-order valence-corrected chi connectivity index (χ3v) is 4.93. The van der Waals surface area contributed by atoms with Crippen LogP contribution in [0.5, 0.6) is 0 Å². The Bertz CT molecular complexity index is 855. The molecule has 2 rings (SSSR count). The lowest BCUT2D eigenvalue weighted by Crippen LogP contribution is -2.31. The first-order valence-corrected chi connectivity index (χ1v) is 9.41. The lowest BCUT2D eigenvalue weighted by atomic mass is 9.99. The van der Waals surface area contributed by atoms with Gasteiger partial charge in [-0.05, 0) is 24.0 Å². The normalized spacial score (nSPS) is 13.0. The molecule has 25 heavy (non-hydrogen) atoms. The van der Waals surface area contributed by atoms with E-state index in [9.17, 15) is 13.2 Å². The van der Waals surface area contributed by atoms with E-state index < -0.39 is 15.9 Å². The molecule has 2 aromatic rings. The second kappa shape index (κ2) is 7.38. The van der Waals surface area contributed by atoms with Crippen LogP contribution in [0, 0.1) is 6.92 Å². The number of furan rings is 1. The molecule has 1 aromatic heterocycles. The Morgan fingerprint density at radius 1 is 1.20 bits per heavy atom. The number of benzene rings is 1. The van der Waals surface area contributed by atoms with Gasteiger partial charge in [-0.25, -0.2) is 13.6 Å². The number of hydrogen-bond donors (Lipinski definition) is 3. The van der Waals surface area contributed by atoms with Crippen LogP contribution < -0.4 is 16.2 Å². The maximum absolute atomic E-state index is 12.1. The van der Waals surface area contributed by atoms with Crippen LogP contribution >= 0.6 is 0 Å². The van der Waals surface area contributed by atoms with E-state index in [0.717, 1.165) is 11.6 Å². The summed E-state index contributed by atoms with van der Waals surface area (Å²) in [6, 6.07) is 8.61. The first kappa shape index (κ1) is 19.2. The number of hydrogen-bond acceptors (Lipinski definition) is 5. The van der Waals surface area contributed by atoms with E-state index in [2.05, 4.69) is 19.2 Å². The minimum absolute atomic E-state index is 0.0706. The quantitative estimate of drug-likeness (QED) is 0.719. The van der Waals surface area contributed by atoms with E-state index in [-0.39, 0.29) is 29.0 Å². The van der Waals surface area contributed by atoms with E-state index >= 15 is 0 Å². The molecule has 1 amide bonds. The molecule has 0 fully saturated rings. The molecule has 0 saturated heterocycles. The number of sulfonamides is 1. The highest BCUT2D eigenvalue weighted by Crippen LogP contribution is 2.19. The van der Waals surface area contributed by atoms with Crippen molar-refractivity contribution in [2.24, 2.45) is 10.9 Å². The predicted octanol–water partition coefficient (Wildman–Crippen LogP) is 1.79. The molecule has 1 aromatic carbocycles. The van der Waals surface area contributed by atoms with E-state index in [1.807, 2.05) is 24.3 Å². The minimum Gasteiger partial charge on any atom is -0.455 e. The highest BCUT2D eigenvalue weighted by Gasteiger charge is 2.21. The molecular formula is C17H23N3O4S. The largest absolute Gasteiger partial charge is 0.455 e. The monoisotopic (exact) mass is 365 g/mol. The standard InChI is InChI=1S/C17H23N3O4S/c1-10(2)12-4-6-13(7-5-12)14(18)9-20-17(21)15-8-16(11(3)24-15)25(19,22)23/h4-8,10,14H,9,18H2,1-3H3,(H,20,21)(H2,19,22,23). The number of carbonyl (C=O) groups is 1. The Morgan fingerprint density at radius 3 is 2.24 bits per heavy atom. The Kier molecular flexibility index (Phi) is 5.66. The van der Waals surface area contributed by atoms with Gasteiger partial charge in [0.25, 0.3) is 5.91 Å². The molecule has 7 nitrogen and oxygen atoms in total. The van der Waals surface area contributed by atoms with Crippen molar-refractivity contribution in [3.8, 4) is 0 Å². The molecule has 0 aliphatic carbocycles. The number of nitrogens with one attached hydrogen (secondary N) is 1. The van der Waals surface area contributed by atoms with Crippen molar-refractivity contribution >= 4 is 15.9 Å². The fourth-order valence-corrected chi connectivity index (χ4v) is 3.11. The van der Waals surface area contributed by atoms with Crippen molar-refractivity contribution in [2.75, 3.05) is 6.54 Å². The molecule has 5 N–H and O–H groups in total. The molecule has 0 spiro atoms. The molecule has 1 heterocycles. The molecule has 0 saturated carbocycles. The van der Waals surface area contributed by atoms with Crippen molar-refractivity contribution in [1.29, 1.82) is 0 Å². The summed E-state index contributed by atoms with van der Waals surface area (Å²) in [5.41, 5.74) is 8.19. The molecular weight excluding hydrogens is 342 g/mol. The zero-order valence-electron chi connectivity index (χ0n) is 14.4.